The van der Waals surface area contributed by atoms with Gasteiger partial charge in [0, 0.05) is 12.8 Å². The summed E-state index contributed by atoms with van der Waals surface area (Å²) < 4.78 is 30.7. The van der Waals surface area contributed by atoms with Crippen molar-refractivity contribution in [3.05, 3.63) is 72.9 Å². The molecule has 0 radical (unpaired) electrons. The highest BCUT2D eigenvalue weighted by Gasteiger charge is 2.30. The van der Waals surface area contributed by atoms with Gasteiger partial charge in [-0.3, -0.25) is 18.6 Å². The van der Waals surface area contributed by atoms with Crippen LogP contribution >= 0.6 is 7.82 Å². The van der Waals surface area contributed by atoms with Crippen molar-refractivity contribution in [1.29, 1.82) is 0 Å². The molecule has 2 N–H and O–H groups in total. The monoisotopic (exact) mass is 1130 g/mol. The molecule has 460 valence electrons. The van der Waals surface area contributed by atoms with Crippen molar-refractivity contribution in [2.45, 2.75) is 315 Å². The lowest BCUT2D eigenvalue weighted by Gasteiger charge is -2.27. The van der Waals surface area contributed by atoms with Crippen LogP contribution in [0.1, 0.15) is 303 Å². The minimum atomic E-state index is -4.46. The number of allylic oxidation sites excluding steroid dienone is 11. The largest absolute Gasteiger partial charge is 0.472 e. The van der Waals surface area contributed by atoms with Crippen LogP contribution in [-0.4, -0.2) is 74.3 Å². The average Bonchev–Trinajstić information content (AvgIpc) is 3.41. The SMILES string of the molecule is CC/C=C/C=C/C=C\CCCCCCCC(=O)OC(/C=C\CCCCCCCCCCCCC)C(COP(=O)(O)OCC[N+](C)(C)C)NC(=O)CCCCCCCCCCCCCCCCCCC/C=C\C/C=C\CCCCC. The van der Waals surface area contributed by atoms with E-state index < -0.39 is 20.0 Å². The maximum absolute atomic E-state index is 13.6. The lowest BCUT2D eigenvalue weighted by molar-refractivity contribution is -0.870. The number of phosphoric ester groups is 1. The van der Waals surface area contributed by atoms with E-state index in [-0.39, 0.29) is 31.5 Å². The number of ether oxygens (including phenoxy) is 1. The van der Waals surface area contributed by atoms with E-state index in [9.17, 15) is 19.0 Å². The molecule has 0 aliphatic carbocycles. The van der Waals surface area contributed by atoms with Crippen molar-refractivity contribution in [3.63, 3.8) is 0 Å². The molecule has 1 amide bonds. The van der Waals surface area contributed by atoms with Gasteiger partial charge in [-0.1, -0.05) is 280 Å². The first kappa shape index (κ1) is 76.5. The number of nitrogens with zero attached hydrogens (tertiary/aromatic N) is 1. The first-order valence-electron chi connectivity index (χ1n) is 33.3. The van der Waals surface area contributed by atoms with Gasteiger partial charge in [-0.05, 0) is 83.1 Å². The van der Waals surface area contributed by atoms with Crippen molar-refractivity contribution in [2.75, 3.05) is 40.9 Å². The van der Waals surface area contributed by atoms with Crippen LogP contribution in [0.3, 0.4) is 0 Å². The fourth-order valence-corrected chi connectivity index (χ4v) is 10.3. The van der Waals surface area contributed by atoms with Crippen LogP contribution < -0.4 is 5.32 Å². The van der Waals surface area contributed by atoms with Crippen LogP contribution in [0.2, 0.25) is 0 Å². The van der Waals surface area contributed by atoms with E-state index in [1.54, 1.807) is 0 Å². The third-order valence-electron chi connectivity index (χ3n) is 14.7. The molecule has 0 aliphatic rings. The molecule has 0 rings (SSSR count). The normalized spacial score (nSPS) is 14.1. The van der Waals surface area contributed by atoms with Crippen molar-refractivity contribution in [3.8, 4) is 0 Å². The number of phosphoric acid groups is 1. The number of nitrogens with one attached hydrogen (secondary N) is 1. The molecule has 10 heteroatoms. The van der Waals surface area contributed by atoms with Gasteiger partial charge in [-0.25, -0.2) is 4.57 Å². The summed E-state index contributed by atoms with van der Waals surface area (Å²) in [7, 11) is 1.49. The Kier molecular flexibility index (Phi) is 56.7. The van der Waals surface area contributed by atoms with Crippen LogP contribution in [0.5, 0.6) is 0 Å². The molecule has 0 aromatic heterocycles. The van der Waals surface area contributed by atoms with Crippen LogP contribution in [0.25, 0.3) is 0 Å². The fraction of sp³-hybridized carbons (Fsp3) is 0.797. The molecule has 3 atom stereocenters. The molecular weight excluding hydrogens is 1000 g/mol. The Balaban J connectivity index is 5.03. The van der Waals surface area contributed by atoms with Crippen LogP contribution in [-0.2, 0) is 27.9 Å². The van der Waals surface area contributed by atoms with Gasteiger partial charge >= 0.3 is 13.8 Å². The first-order chi connectivity index (χ1) is 38.4. The minimum absolute atomic E-state index is 0.0357. The van der Waals surface area contributed by atoms with Crippen molar-refractivity contribution < 1.29 is 37.3 Å². The molecule has 0 saturated heterocycles. The summed E-state index contributed by atoms with van der Waals surface area (Å²) in [5.74, 6) is -0.522. The smallest absolute Gasteiger partial charge is 0.456 e. The average molecular weight is 1130 g/mol. The number of unbranched alkanes of at least 4 members (excludes halogenated alkanes) is 36. The number of quaternary nitrogens is 1. The molecular formula is C69H128N2O7P+. The lowest BCUT2D eigenvalue weighted by Crippen LogP contribution is -2.47. The number of hydrogen-bond donors (Lipinski definition) is 2. The molecule has 9 nitrogen and oxygen atoms in total. The molecule has 79 heavy (non-hydrogen) atoms. The zero-order chi connectivity index (χ0) is 57.9. The minimum Gasteiger partial charge on any atom is -0.456 e. The Morgan fingerprint density at radius 2 is 0.861 bits per heavy atom. The molecule has 3 unspecified atom stereocenters. The Morgan fingerprint density at radius 1 is 0.468 bits per heavy atom. The van der Waals surface area contributed by atoms with Crippen molar-refractivity contribution in [1.82, 2.24) is 5.32 Å². The highest BCUT2D eigenvalue weighted by atomic mass is 31.2. The third kappa shape index (κ3) is 59.9. The van der Waals surface area contributed by atoms with Gasteiger partial charge in [0.15, 0.2) is 0 Å². The predicted octanol–water partition coefficient (Wildman–Crippen LogP) is 20.8. The number of hydrogen-bond acceptors (Lipinski definition) is 6. The number of carbonyl (C=O) groups excluding carboxylic acids is 2. The Labute approximate surface area is 489 Å². The summed E-state index contributed by atoms with van der Waals surface area (Å²) in [6.45, 7) is 6.86. The molecule has 0 fully saturated rings. The van der Waals surface area contributed by atoms with Gasteiger partial charge in [-0.15, -0.1) is 0 Å². The topological polar surface area (TPSA) is 111 Å². The standard InChI is InChI=1S/C69H127N2O7P/c1-7-10-13-16-19-22-25-28-29-30-31-32-33-34-35-36-37-38-39-40-41-44-46-49-52-55-58-61-68(72)70-66(65-77-79(74,75)76-64-63-71(4,5)6)67(60-57-54-51-48-45-42-26-23-20-17-14-11-8-2)78-69(73)62-59-56-53-50-47-43-27-24-21-18-15-12-9-3/h12,15,18-19,21-22,24,27-29,57,60,66-67H,7-11,13-14,16-17,20,23,25-26,30-56,58-59,61-65H2,1-6H3,(H-,70,72,74,75)/p+1/b15-12+,21-18+,22-19-,27-24-,29-28-,60-57-. The number of amides is 1. The van der Waals surface area contributed by atoms with E-state index in [1.807, 2.05) is 33.3 Å². The number of esters is 1. The van der Waals surface area contributed by atoms with Gasteiger partial charge in [0.25, 0.3) is 0 Å². The summed E-state index contributed by atoms with van der Waals surface area (Å²) in [5, 5.41) is 3.06. The van der Waals surface area contributed by atoms with Crippen LogP contribution in [0.4, 0.5) is 0 Å². The molecule has 0 saturated carbocycles. The van der Waals surface area contributed by atoms with E-state index in [1.165, 1.54) is 180 Å². The van der Waals surface area contributed by atoms with E-state index >= 15 is 0 Å². The molecule has 0 spiro atoms. The van der Waals surface area contributed by atoms with Crippen LogP contribution in [0, 0.1) is 0 Å². The highest BCUT2D eigenvalue weighted by molar-refractivity contribution is 7.47. The summed E-state index contributed by atoms with van der Waals surface area (Å²) >= 11 is 0. The Hall–Kier alpha value is -2.55. The maximum Gasteiger partial charge on any atom is 0.472 e. The van der Waals surface area contributed by atoms with Gasteiger partial charge in [0.05, 0.1) is 33.8 Å². The lowest BCUT2D eigenvalue weighted by atomic mass is 10.0. The van der Waals surface area contributed by atoms with Crippen molar-refractivity contribution >= 4 is 19.7 Å². The predicted molar refractivity (Wildman–Crippen MR) is 341 cm³/mol. The second-order valence-electron chi connectivity index (χ2n) is 23.7. The Morgan fingerprint density at radius 3 is 1.33 bits per heavy atom. The summed E-state index contributed by atoms with van der Waals surface area (Å²) in [5.41, 5.74) is 0. The van der Waals surface area contributed by atoms with Gasteiger partial charge < -0.3 is 19.4 Å². The summed E-state index contributed by atoms with van der Waals surface area (Å²) in [6, 6.07) is -0.858. The molecule has 0 bridgehead atoms. The zero-order valence-electron chi connectivity index (χ0n) is 52.6. The number of rotatable bonds is 60. The van der Waals surface area contributed by atoms with Gasteiger partial charge in [0.1, 0.15) is 19.3 Å². The van der Waals surface area contributed by atoms with Crippen molar-refractivity contribution in [2.24, 2.45) is 0 Å². The van der Waals surface area contributed by atoms with E-state index in [4.69, 9.17) is 13.8 Å². The molecule has 0 aliphatic heterocycles. The first-order valence-corrected chi connectivity index (χ1v) is 34.8. The number of carbonyl (C=O) groups is 2. The summed E-state index contributed by atoms with van der Waals surface area (Å²) in [4.78, 5) is 37.7. The zero-order valence-corrected chi connectivity index (χ0v) is 53.5. The molecule has 0 aromatic carbocycles. The van der Waals surface area contributed by atoms with Gasteiger partial charge in [0.2, 0.25) is 5.91 Å². The van der Waals surface area contributed by atoms with Crippen LogP contribution in [0.15, 0.2) is 72.9 Å². The van der Waals surface area contributed by atoms with E-state index in [0.29, 0.717) is 23.9 Å². The number of likely N-dealkylation sites (N-methyl/N-ethyl adjacent to an activating group) is 1. The third-order valence-corrected chi connectivity index (χ3v) is 15.7. The van der Waals surface area contributed by atoms with E-state index in [0.717, 1.165) is 83.5 Å². The summed E-state index contributed by atoms with van der Waals surface area (Å²) in [6.07, 6.45) is 76.3. The van der Waals surface area contributed by atoms with E-state index in [2.05, 4.69) is 86.8 Å². The maximum atomic E-state index is 13.6. The Bertz CT molecular complexity index is 1580. The second-order valence-corrected chi connectivity index (χ2v) is 25.1. The quantitative estimate of drug-likeness (QED) is 0.0156. The molecule has 0 heterocycles. The fourth-order valence-electron chi connectivity index (χ4n) is 9.56. The highest BCUT2D eigenvalue weighted by Crippen LogP contribution is 2.43. The second kappa shape index (κ2) is 58.6. The van der Waals surface area contributed by atoms with Gasteiger partial charge in [-0.2, -0.15) is 0 Å². The molecule has 0 aromatic rings.